The Morgan fingerprint density at radius 1 is 1.10 bits per heavy atom. The van der Waals surface area contributed by atoms with E-state index in [1.165, 1.54) is 30.6 Å². The lowest BCUT2D eigenvalue weighted by atomic mass is 10.1. The number of aromatic nitrogens is 1. The van der Waals surface area contributed by atoms with Crippen LogP contribution in [-0.2, 0) is 6.54 Å². The Balaban J connectivity index is 1.21. The molecule has 2 saturated heterocycles. The largest absolute Gasteiger partial charge is 0.486 e. The van der Waals surface area contributed by atoms with Gasteiger partial charge in [-0.05, 0) is 44.4 Å². The molecular formula is C21H27ClN4O2S. The molecule has 2 aromatic rings. The van der Waals surface area contributed by atoms with E-state index in [9.17, 15) is 0 Å². The lowest BCUT2D eigenvalue weighted by Crippen LogP contribution is -2.41. The maximum Gasteiger partial charge on any atom is 0.187 e. The zero-order valence-corrected chi connectivity index (χ0v) is 18.1. The third kappa shape index (κ3) is 4.42. The molecule has 0 aliphatic carbocycles. The van der Waals surface area contributed by atoms with Crippen LogP contribution in [0.1, 0.15) is 30.6 Å². The number of rotatable bonds is 5. The van der Waals surface area contributed by atoms with Crippen molar-refractivity contribution in [2.75, 3.05) is 49.6 Å². The highest BCUT2D eigenvalue weighted by Crippen LogP contribution is 2.34. The minimum atomic E-state index is 0.413. The summed E-state index contributed by atoms with van der Waals surface area (Å²) < 4.78 is 11.3. The first-order valence-electron chi connectivity index (χ1n) is 10.5. The summed E-state index contributed by atoms with van der Waals surface area (Å²) in [5.74, 6) is 1.67. The Morgan fingerprint density at radius 3 is 2.79 bits per heavy atom. The van der Waals surface area contributed by atoms with Crippen LogP contribution in [0.25, 0.3) is 0 Å². The van der Waals surface area contributed by atoms with E-state index in [1.807, 2.05) is 6.07 Å². The summed E-state index contributed by atoms with van der Waals surface area (Å²) >= 11 is 8.24. The first-order chi connectivity index (χ1) is 14.2. The van der Waals surface area contributed by atoms with Crippen LogP contribution >= 0.6 is 22.9 Å². The molecule has 156 valence electrons. The minimum Gasteiger partial charge on any atom is -0.486 e. The summed E-state index contributed by atoms with van der Waals surface area (Å²) in [5.41, 5.74) is 1.09. The van der Waals surface area contributed by atoms with Crippen molar-refractivity contribution in [1.82, 2.24) is 9.88 Å². The Kier molecular flexibility index (Phi) is 5.70. The minimum absolute atomic E-state index is 0.413. The number of hydrogen-bond acceptors (Lipinski definition) is 7. The molecule has 0 amide bonds. The highest BCUT2D eigenvalue weighted by atomic mass is 35.5. The quantitative estimate of drug-likeness (QED) is 0.759. The number of piperidine rings is 1. The lowest BCUT2D eigenvalue weighted by Gasteiger charge is -2.33. The van der Waals surface area contributed by atoms with Crippen LogP contribution in [0.4, 0.5) is 10.8 Å². The fourth-order valence-electron chi connectivity index (χ4n) is 4.35. The molecule has 1 aromatic carbocycles. The van der Waals surface area contributed by atoms with Gasteiger partial charge >= 0.3 is 0 Å². The molecule has 8 heteroatoms. The van der Waals surface area contributed by atoms with Crippen molar-refractivity contribution in [3.63, 3.8) is 0 Å². The van der Waals surface area contributed by atoms with Gasteiger partial charge in [0.15, 0.2) is 16.6 Å². The number of nitrogens with zero attached hydrogens (tertiary/aromatic N) is 3. The van der Waals surface area contributed by atoms with Crippen molar-refractivity contribution in [3.05, 3.63) is 28.2 Å². The molecule has 3 aliphatic heterocycles. The van der Waals surface area contributed by atoms with E-state index >= 15 is 0 Å². The maximum atomic E-state index is 6.48. The predicted molar refractivity (Wildman–Crippen MR) is 118 cm³/mol. The number of benzene rings is 1. The monoisotopic (exact) mass is 434 g/mol. The molecule has 2 fully saturated rings. The van der Waals surface area contributed by atoms with Crippen molar-refractivity contribution >= 4 is 33.8 Å². The number of anilines is 2. The van der Waals surface area contributed by atoms with Crippen LogP contribution < -0.4 is 19.7 Å². The first kappa shape index (κ1) is 19.3. The second-order valence-electron chi connectivity index (χ2n) is 7.98. The van der Waals surface area contributed by atoms with E-state index in [-0.39, 0.29) is 0 Å². The second kappa shape index (κ2) is 8.58. The molecule has 1 atom stereocenters. The average molecular weight is 435 g/mol. The Morgan fingerprint density at radius 2 is 1.93 bits per heavy atom. The molecule has 0 unspecified atom stereocenters. The van der Waals surface area contributed by atoms with Gasteiger partial charge in [-0.1, -0.05) is 22.9 Å². The van der Waals surface area contributed by atoms with Crippen molar-refractivity contribution in [2.24, 2.45) is 0 Å². The summed E-state index contributed by atoms with van der Waals surface area (Å²) in [4.78, 5) is 10.7. The highest BCUT2D eigenvalue weighted by Gasteiger charge is 2.24. The van der Waals surface area contributed by atoms with E-state index in [0.29, 0.717) is 24.4 Å². The third-order valence-electron chi connectivity index (χ3n) is 5.80. The van der Waals surface area contributed by atoms with Gasteiger partial charge < -0.3 is 19.7 Å². The Labute approximate surface area is 180 Å². The number of likely N-dealkylation sites (tertiary alicyclic amines) is 1. The van der Waals surface area contributed by atoms with Gasteiger partial charge in [-0.15, -0.1) is 0 Å². The molecule has 0 spiro atoms. The molecule has 3 aliphatic rings. The van der Waals surface area contributed by atoms with Crippen LogP contribution in [0, 0.1) is 0 Å². The maximum absolute atomic E-state index is 6.48. The highest BCUT2D eigenvalue weighted by molar-refractivity contribution is 7.16. The van der Waals surface area contributed by atoms with Crippen LogP contribution in [0.3, 0.4) is 0 Å². The van der Waals surface area contributed by atoms with Crippen molar-refractivity contribution < 1.29 is 9.47 Å². The smallest absolute Gasteiger partial charge is 0.187 e. The number of halogens is 1. The van der Waals surface area contributed by atoms with Crippen molar-refractivity contribution in [2.45, 2.75) is 38.3 Å². The molecule has 1 aromatic heterocycles. The van der Waals surface area contributed by atoms with Crippen LogP contribution in [0.15, 0.2) is 18.2 Å². The average Bonchev–Trinajstić information content (AvgIpc) is 3.39. The SMILES string of the molecule is Clc1nc(N2CCCC2)sc1CN1CCC[C@@H](Nc2ccc3c(c2)OCCO3)C1. The van der Waals surface area contributed by atoms with Gasteiger partial charge in [0.25, 0.3) is 0 Å². The number of thiazole rings is 1. The van der Waals surface area contributed by atoms with E-state index < -0.39 is 0 Å². The molecular weight excluding hydrogens is 408 g/mol. The van der Waals surface area contributed by atoms with E-state index in [4.69, 9.17) is 21.1 Å². The topological polar surface area (TPSA) is 49.9 Å². The van der Waals surface area contributed by atoms with Gasteiger partial charge in [0.2, 0.25) is 0 Å². The molecule has 0 bridgehead atoms. The van der Waals surface area contributed by atoms with Crippen LogP contribution in [0.2, 0.25) is 5.15 Å². The van der Waals surface area contributed by atoms with Crippen molar-refractivity contribution in [1.29, 1.82) is 0 Å². The van der Waals surface area contributed by atoms with Crippen LogP contribution in [-0.4, -0.2) is 55.3 Å². The fourth-order valence-corrected chi connectivity index (χ4v) is 5.70. The number of fused-ring (bicyclic) bond motifs is 1. The Hall–Kier alpha value is -1.70. The fraction of sp³-hybridized carbons (Fsp3) is 0.571. The van der Waals surface area contributed by atoms with Gasteiger partial charge in [0.05, 0.1) is 4.88 Å². The first-order valence-corrected chi connectivity index (χ1v) is 11.7. The number of nitrogens with one attached hydrogen (secondary N) is 1. The summed E-state index contributed by atoms with van der Waals surface area (Å²) in [6, 6.07) is 6.54. The van der Waals surface area contributed by atoms with E-state index in [1.54, 1.807) is 11.3 Å². The molecule has 29 heavy (non-hydrogen) atoms. The predicted octanol–water partition coefficient (Wildman–Crippen LogP) is 4.24. The molecule has 0 saturated carbocycles. The Bertz CT molecular complexity index is 855. The van der Waals surface area contributed by atoms with Crippen molar-refractivity contribution in [3.8, 4) is 11.5 Å². The van der Waals surface area contributed by atoms with E-state index in [2.05, 4.69) is 32.2 Å². The van der Waals surface area contributed by atoms with E-state index in [0.717, 1.165) is 55.0 Å². The van der Waals surface area contributed by atoms with Gasteiger partial charge in [0.1, 0.15) is 18.4 Å². The van der Waals surface area contributed by atoms with Gasteiger partial charge in [-0.2, -0.15) is 0 Å². The zero-order chi connectivity index (χ0) is 19.6. The van der Waals surface area contributed by atoms with Gasteiger partial charge in [-0.25, -0.2) is 4.98 Å². The number of ether oxygens (including phenoxy) is 2. The number of hydrogen-bond donors (Lipinski definition) is 1. The third-order valence-corrected chi connectivity index (χ3v) is 7.33. The van der Waals surface area contributed by atoms with Gasteiger partial charge in [-0.3, -0.25) is 4.90 Å². The molecule has 0 radical (unpaired) electrons. The summed E-state index contributed by atoms with van der Waals surface area (Å²) in [5, 5.41) is 5.45. The van der Waals surface area contributed by atoms with Crippen LogP contribution in [0.5, 0.6) is 11.5 Å². The zero-order valence-electron chi connectivity index (χ0n) is 16.5. The normalized spacial score (nSPS) is 22.1. The summed E-state index contributed by atoms with van der Waals surface area (Å²) in [6.45, 7) is 6.43. The molecule has 1 N–H and O–H groups in total. The van der Waals surface area contributed by atoms with Gasteiger partial charge in [0, 0.05) is 44.0 Å². The molecule has 5 rings (SSSR count). The summed E-state index contributed by atoms with van der Waals surface area (Å²) in [6.07, 6.45) is 4.86. The lowest BCUT2D eigenvalue weighted by molar-refractivity contribution is 0.171. The summed E-state index contributed by atoms with van der Waals surface area (Å²) in [7, 11) is 0. The molecule has 6 nitrogen and oxygen atoms in total. The molecule has 4 heterocycles. The second-order valence-corrected chi connectivity index (χ2v) is 9.40. The standard InChI is InChI=1S/C21H27ClN4O2S/c22-20-19(29-21(24-20)26-8-1-2-9-26)14-25-7-3-4-16(13-25)23-15-5-6-17-18(12-15)28-11-10-27-17/h5-6,12,16,23H,1-4,7-11,13-14H2/t16-/m1/s1.